The Hall–Kier alpha value is -2.35. The van der Waals surface area contributed by atoms with Gasteiger partial charge in [0, 0.05) is 0 Å². The highest BCUT2D eigenvalue weighted by molar-refractivity contribution is 5.89. The van der Waals surface area contributed by atoms with Gasteiger partial charge in [0.05, 0.1) is 12.4 Å². The van der Waals surface area contributed by atoms with Gasteiger partial charge in [0.1, 0.15) is 29.5 Å². The van der Waals surface area contributed by atoms with E-state index in [1.54, 1.807) is 6.20 Å². The number of anilines is 1. The molecule has 0 saturated heterocycles. The number of amides is 1. The van der Waals surface area contributed by atoms with Crippen molar-refractivity contribution in [1.29, 1.82) is 0 Å². The van der Waals surface area contributed by atoms with Crippen molar-refractivity contribution in [3.05, 3.63) is 36.0 Å². The van der Waals surface area contributed by atoms with E-state index in [2.05, 4.69) is 20.6 Å². The third-order valence-electron chi connectivity index (χ3n) is 3.75. The number of aliphatic hydroxyl groups is 1. The highest BCUT2D eigenvalue weighted by Gasteiger charge is 2.35. The zero-order chi connectivity index (χ0) is 15.6. The predicted molar refractivity (Wildman–Crippen MR) is 75.2 cm³/mol. The number of hydrogen-bond donors (Lipinski definition) is 2. The Kier molecular flexibility index (Phi) is 3.84. The first-order valence-corrected chi connectivity index (χ1v) is 7.10. The maximum atomic E-state index is 12.7. The number of halogens is 1. The molecule has 0 spiro atoms. The molecule has 2 aromatic rings. The molecule has 22 heavy (non-hydrogen) atoms. The summed E-state index contributed by atoms with van der Waals surface area (Å²) in [5, 5.41) is 20.8. The third-order valence-corrected chi connectivity index (χ3v) is 3.75. The summed E-state index contributed by atoms with van der Waals surface area (Å²) in [6, 6.07) is 2.59. The molecule has 1 aliphatic rings. The fraction of sp³-hybridized carbons (Fsp3) is 0.429. The van der Waals surface area contributed by atoms with E-state index in [1.165, 1.54) is 16.8 Å². The molecular weight excluding hydrogens is 289 g/mol. The fourth-order valence-electron chi connectivity index (χ4n) is 2.58. The summed E-state index contributed by atoms with van der Waals surface area (Å²) < 4.78 is 14.1. The standard InChI is InChI=1S/C14H16FN5O2/c15-10-3-4-12(16-7-10)17-13(21)9-20-8-11(18-19-20)14(22)5-1-2-6-14/h3-4,7-8,22H,1-2,5-6,9H2,(H,16,17,21). The van der Waals surface area contributed by atoms with E-state index in [4.69, 9.17) is 0 Å². The summed E-state index contributed by atoms with van der Waals surface area (Å²) in [5.41, 5.74) is -0.425. The van der Waals surface area contributed by atoms with E-state index in [-0.39, 0.29) is 18.3 Å². The van der Waals surface area contributed by atoms with E-state index in [0.717, 1.165) is 19.0 Å². The lowest BCUT2D eigenvalue weighted by Gasteiger charge is -2.17. The number of rotatable bonds is 4. The van der Waals surface area contributed by atoms with E-state index in [0.29, 0.717) is 18.5 Å². The van der Waals surface area contributed by atoms with Gasteiger partial charge in [0.25, 0.3) is 0 Å². The number of carbonyl (C=O) groups excluding carboxylic acids is 1. The van der Waals surface area contributed by atoms with E-state index in [1.807, 2.05) is 0 Å². The van der Waals surface area contributed by atoms with Crippen LogP contribution in [0.4, 0.5) is 10.2 Å². The second-order valence-corrected chi connectivity index (χ2v) is 5.45. The molecule has 1 saturated carbocycles. The summed E-state index contributed by atoms with van der Waals surface area (Å²) >= 11 is 0. The molecule has 1 aliphatic carbocycles. The number of aromatic nitrogens is 4. The van der Waals surface area contributed by atoms with Crippen molar-refractivity contribution < 1.29 is 14.3 Å². The SMILES string of the molecule is O=C(Cn1cc(C2(O)CCCC2)nn1)Nc1ccc(F)cn1. The highest BCUT2D eigenvalue weighted by Crippen LogP contribution is 2.37. The first kappa shape index (κ1) is 14.6. The normalized spacial score (nSPS) is 16.6. The predicted octanol–water partition coefficient (Wildman–Crippen LogP) is 1.21. The molecule has 2 aromatic heterocycles. The fourth-order valence-corrected chi connectivity index (χ4v) is 2.58. The Bertz CT molecular complexity index is 664. The monoisotopic (exact) mass is 305 g/mol. The second-order valence-electron chi connectivity index (χ2n) is 5.45. The molecule has 7 nitrogen and oxygen atoms in total. The average molecular weight is 305 g/mol. The minimum atomic E-state index is -0.923. The molecule has 2 heterocycles. The van der Waals surface area contributed by atoms with Crippen molar-refractivity contribution in [3.8, 4) is 0 Å². The molecule has 2 N–H and O–H groups in total. The lowest BCUT2D eigenvalue weighted by Crippen LogP contribution is -2.22. The van der Waals surface area contributed by atoms with Gasteiger partial charge in [0.2, 0.25) is 5.91 Å². The summed E-state index contributed by atoms with van der Waals surface area (Å²) in [6.45, 7) is -0.0534. The van der Waals surface area contributed by atoms with Crippen LogP contribution in [0.5, 0.6) is 0 Å². The lowest BCUT2D eigenvalue weighted by atomic mass is 9.99. The van der Waals surface area contributed by atoms with Gasteiger partial charge in [-0.3, -0.25) is 4.79 Å². The molecule has 0 aliphatic heterocycles. The number of pyridine rings is 1. The minimum absolute atomic E-state index is 0.0534. The van der Waals surface area contributed by atoms with Crippen molar-refractivity contribution in [1.82, 2.24) is 20.0 Å². The largest absolute Gasteiger partial charge is 0.383 e. The molecule has 3 rings (SSSR count). The zero-order valence-corrected chi connectivity index (χ0v) is 11.9. The quantitative estimate of drug-likeness (QED) is 0.885. The summed E-state index contributed by atoms with van der Waals surface area (Å²) in [5.74, 6) is -0.557. The minimum Gasteiger partial charge on any atom is -0.383 e. The van der Waals surface area contributed by atoms with Crippen molar-refractivity contribution in [2.45, 2.75) is 37.8 Å². The van der Waals surface area contributed by atoms with Crippen molar-refractivity contribution in [2.24, 2.45) is 0 Å². The van der Waals surface area contributed by atoms with Crippen molar-refractivity contribution >= 4 is 11.7 Å². The Balaban J connectivity index is 1.62. The Morgan fingerprint density at radius 3 is 2.86 bits per heavy atom. The molecule has 0 atom stereocenters. The molecular formula is C14H16FN5O2. The Labute approximate surface area is 126 Å². The van der Waals surface area contributed by atoms with E-state index >= 15 is 0 Å². The van der Waals surface area contributed by atoms with Crippen LogP contribution < -0.4 is 5.32 Å². The average Bonchev–Trinajstić information content (AvgIpc) is 3.11. The molecule has 1 amide bonds. The Morgan fingerprint density at radius 1 is 1.41 bits per heavy atom. The van der Waals surface area contributed by atoms with Crippen LogP contribution in [-0.4, -0.2) is 31.0 Å². The van der Waals surface area contributed by atoms with Crippen LogP contribution in [0.3, 0.4) is 0 Å². The van der Waals surface area contributed by atoms with Crippen LogP contribution in [0.15, 0.2) is 24.5 Å². The molecule has 1 fully saturated rings. The summed E-state index contributed by atoms with van der Waals surface area (Å²) in [4.78, 5) is 15.6. The van der Waals surface area contributed by atoms with Gasteiger partial charge in [0.15, 0.2) is 0 Å². The van der Waals surface area contributed by atoms with Crippen LogP contribution in [-0.2, 0) is 16.9 Å². The first-order valence-electron chi connectivity index (χ1n) is 7.10. The smallest absolute Gasteiger partial charge is 0.247 e. The Morgan fingerprint density at radius 2 is 2.18 bits per heavy atom. The van der Waals surface area contributed by atoms with E-state index in [9.17, 15) is 14.3 Å². The van der Waals surface area contributed by atoms with Crippen LogP contribution in [0.25, 0.3) is 0 Å². The van der Waals surface area contributed by atoms with Gasteiger partial charge in [-0.25, -0.2) is 14.1 Å². The molecule has 116 valence electrons. The molecule has 0 unspecified atom stereocenters. The maximum Gasteiger partial charge on any atom is 0.247 e. The van der Waals surface area contributed by atoms with Gasteiger partial charge in [-0.2, -0.15) is 0 Å². The molecule has 0 radical (unpaired) electrons. The first-order chi connectivity index (χ1) is 10.5. The number of hydrogen-bond acceptors (Lipinski definition) is 5. The molecule has 0 bridgehead atoms. The van der Waals surface area contributed by atoms with Crippen molar-refractivity contribution in [2.75, 3.05) is 5.32 Å². The highest BCUT2D eigenvalue weighted by atomic mass is 19.1. The third kappa shape index (κ3) is 3.11. The van der Waals surface area contributed by atoms with Crippen LogP contribution in [0.1, 0.15) is 31.4 Å². The van der Waals surface area contributed by atoms with Gasteiger partial charge in [-0.15, -0.1) is 5.10 Å². The van der Waals surface area contributed by atoms with E-state index < -0.39 is 11.4 Å². The number of nitrogens with zero attached hydrogens (tertiary/aromatic N) is 4. The van der Waals surface area contributed by atoms with Gasteiger partial charge < -0.3 is 10.4 Å². The van der Waals surface area contributed by atoms with Gasteiger partial charge in [-0.1, -0.05) is 18.1 Å². The van der Waals surface area contributed by atoms with Crippen LogP contribution >= 0.6 is 0 Å². The number of nitrogens with one attached hydrogen (secondary N) is 1. The van der Waals surface area contributed by atoms with Crippen LogP contribution in [0.2, 0.25) is 0 Å². The van der Waals surface area contributed by atoms with Gasteiger partial charge >= 0.3 is 0 Å². The number of carbonyl (C=O) groups is 1. The summed E-state index contributed by atoms with van der Waals surface area (Å²) in [7, 11) is 0. The summed E-state index contributed by atoms with van der Waals surface area (Å²) in [6.07, 6.45) is 5.86. The zero-order valence-electron chi connectivity index (χ0n) is 11.9. The second kappa shape index (κ2) is 5.80. The lowest BCUT2D eigenvalue weighted by molar-refractivity contribution is -0.117. The van der Waals surface area contributed by atoms with Gasteiger partial charge in [-0.05, 0) is 25.0 Å². The topological polar surface area (TPSA) is 92.9 Å². The molecule has 8 heteroatoms. The molecule has 0 aromatic carbocycles. The maximum absolute atomic E-state index is 12.7. The van der Waals surface area contributed by atoms with Crippen LogP contribution in [0, 0.1) is 5.82 Å². The van der Waals surface area contributed by atoms with Crippen molar-refractivity contribution in [3.63, 3.8) is 0 Å².